The predicted octanol–water partition coefficient (Wildman–Crippen LogP) is 2.09. The van der Waals surface area contributed by atoms with E-state index in [4.69, 9.17) is 5.26 Å². The number of sulfonamides is 1. The number of rotatable bonds is 6. The summed E-state index contributed by atoms with van der Waals surface area (Å²) in [5, 5.41) is 11.8. The lowest BCUT2D eigenvalue weighted by atomic mass is 10.2. The molecular weight excluding hydrogens is 305 g/mol. The van der Waals surface area contributed by atoms with E-state index in [1.54, 1.807) is 18.2 Å². The van der Waals surface area contributed by atoms with Gasteiger partial charge in [-0.25, -0.2) is 17.5 Å². The third-order valence-corrected chi connectivity index (χ3v) is 4.37. The molecule has 0 saturated carbocycles. The third-order valence-electron chi connectivity index (χ3n) is 2.89. The lowest BCUT2D eigenvalue weighted by Gasteiger charge is -2.10. The van der Waals surface area contributed by atoms with Crippen LogP contribution >= 0.6 is 0 Å². The zero-order valence-corrected chi connectivity index (χ0v) is 12.4. The Morgan fingerprint density at radius 3 is 2.50 bits per heavy atom. The highest BCUT2D eigenvalue weighted by Crippen LogP contribution is 2.15. The Morgan fingerprint density at radius 1 is 1.09 bits per heavy atom. The van der Waals surface area contributed by atoms with Gasteiger partial charge in [0.15, 0.2) is 0 Å². The minimum Gasteiger partial charge on any atom is -0.383 e. The van der Waals surface area contributed by atoms with Crippen LogP contribution in [0.25, 0.3) is 0 Å². The standard InChI is InChI=1S/C15H14FN3O2S/c16-13-6-7-15(12(10-13)11-17)18-8-9-19-22(20,21)14-4-2-1-3-5-14/h1-7,10,18-19H,8-9H2. The summed E-state index contributed by atoms with van der Waals surface area (Å²) in [4.78, 5) is 0.189. The van der Waals surface area contributed by atoms with E-state index in [1.807, 2.05) is 6.07 Å². The lowest BCUT2D eigenvalue weighted by molar-refractivity contribution is 0.583. The highest BCUT2D eigenvalue weighted by Gasteiger charge is 2.12. The molecule has 2 rings (SSSR count). The molecule has 0 atom stereocenters. The molecule has 0 aromatic heterocycles. The fourth-order valence-corrected chi connectivity index (χ4v) is 2.88. The number of benzene rings is 2. The number of nitriles is 1. The van der Waals surface area contributed by atoms with Gasteiger partial charge in [-0.05, 0) is 30.3 Å². The molecule has 0 spiro atoms. The summed E-state index contributed by atoms with van der Waals surface area (Å²) in [6.45, 7) is 0.409. The first kappa shape index (κ1) is 15.9. The first-order valence-electron chi connectivity index (χ1n) is 6.51. The summed E-state index contributed by atoms with van der Waals surface area (Å²) in [6.07, 6.45) is 0. The van der Waals surface area contributed by atoms with Crippen LogP contribution in [0.15, 0.2) is 53.4 Å². The van der Waals surface area contributed by atoms with Gasteiger partial charge < -0.3 is 5.32 Å². The average molecular weight is 319 g/mol. The van der Waals surface area contributed by atoms with Crippen LogP contribution in [0, 0.1) is 17.1 Å². The minimum atomic E-state index is -3.55. The Bertz CT molecular complexity index is 786. The van der Waals surface area contributed by atoms with Gasteiger partial charge in [0.2, 0.25) is 10.0 Å². The van der Waals surface area contributed by atoms with Gasteiger partial charge in [0.1, 0.15) is 11.9 Å². The van der Waals surface area contributed by atoms with Gasteiger partial charge in [0, 0.05) is 13.1 Å². The second kappa shape index (κ2) is 7.02. The van der Waals surface area contributed by atoms with Gasteiger partial charge in [0.25, 0.3) is 0 Å². The molecule has 0 saturated heterocycles. The Morgan fingerprint density at radius 2 is 1.82 bits per heavy atom. The van der Waals surface area contributed by atoms with Gasteiger partial charge >= 0.3 is 0 Å². The van der Waals surface area contributed by atoms with Gasteiger partial charge in [0.05, 0.1) is 16.1 Å². The van der Waals surface area contributed by atoms with Crippen LogP contribution < -0.4 is 10.0 Å². The van der Waals surface area contributed by atoms with Crippen molar-refractivity contribution < 1.29 is 12.8 Å². The van der Waals surface area contributed by atoms with Crippen molar-refractivity contribution in [2.75, 3.05) is 18.4 Å². The molecule has 0 unspecified atom stereocenters. The van der Waals surface area contributed by atoms with Crippen molar-refractivity contribution in [1.29, 1.82) is 5.26 Å². The topological polar surface area (TPSA) is 82.0 Å². The molecule has 0 aliphatic heterocycles. The van der Waals surface area contributed by atoms with Crippen molar-refractivity contribution in [2.45, 2.75) is 4.90 Å². The van der Waals surface area contributed by atoms with Gasteiger partial charge in [-0.15, -0.1) is 0 Å². The molecule has 0 radical (unpaired) electrons. The minimum absolute atomic E-state index is 0.138. The number of hydrogen-bond acceptors (Lipinski definition) is 4. The van der Waals surface area contributed by atoms with Crippen LogP contribution in [0.1, 0.15) is 5.56 Å². The number of nitrogens with one attached hydrogen (secondary N) is 2. The second-order valence-corrected chi connectivity index (χ2v) is 6.21. The molecule has 2 aromatic carbocycles. The summed E-state index contributed by atoms with van der Waals surface area (Å²) < 4.78 is 39.4. The molecule has 5 nitrogen and oxygen atoms in total. The molecule has 0 amide bonds. The molecule has 2 aromatic rings. The van der Waals surface area contributed by atoms with Gasteiger partial charge in [-0.1, -0.05) is 18.2 Å². The Kier molecular flexibility index (Phi) is 5.09. The highest BCUT2D eigenvalue weighted by molar-refractivity contribution is 7.89. The molecular formula is C15H14FN3O2S. The summed E-state index contributed by atoms with van der Waals surface area (Å²) in [6, 6.07) is 13.7. The molecule has 0 bridgehead atoms. The maximum absolute atomic E-state index is 13.0. The van der Waals surface area contributed by atoms with Crippen molar-refractivity contribution in [1.82, 2.24) is 4.72 Å². The molecule has 0 aliphatic carbocycles. The van der Waals surface area contributed by atoms with E-state index in [1.165, 1.54) is 24.3 Å². The van der Waals surface area contributed by atoms with Crippen LogP contribution in [-0.4, -0.2) is 21.5 Å². The average Bonchev–Trinajstić information content (AvgIpc) is 2.53. The SMILES string of the molecule is N#Cc1cc(F)ccc1NCCNS(=O)(=O)c1ccccc1. The fraction of sp³-hybridized carbons (Fsp3) is 0.133. The van der Waals surface area contributed by atoms with E-state index in [2.05, 4.69) is 10.0 Å². The van der Waals surface area contributed by atoms with Crippen molar-refractivity contribution in [2.24, 2.45) is 0 Å². The van der Waals surface area contributed by atoms with E-state index in [-0.39, 0.29) is 23.5 Å². The monoisotopic (exact) mass is 319 g/mol. The van der Waals surface area contributed by atoms with Crippen LogP contribution in [0.5, 0.6) is 0 Å². The largest absolute Gasteiger partial charge is 0.383 e. The maximum atomic E-state index is 13.0. The van der Waals surface area contributed by atoms with E-state index in [0.29, 0.717) is 5.69 Å². The molecule has 0 fully saturated rings. The highest BCUT2D eigenvalue weighted by atomic mass is 32.2. The summed E-state index contributed by atoms with van der Waals surface area (Å²) >= 11 is 0. The second-order valence-electron chi connectivity index (χ2n) is 4.44. The van der Waals surface area contributed by atoms with E-state index in [9.17, 15) is 12.8 Å². The quantitative estimate of drug-likeness (QED) is 0.799. The predicted molar refractivity (Wildman–Crippen MR) is 81.2 cm³/mol. The first-order chi connectivity index (χ1) is 10.5. The summed E-state index contributed by atoms with van der Waals surface area (Å²) in [7, 11) is -3.55. The van der Waals surface area contributed by atoms with E-state index < -0.39 is 15.8 Å². The molecule has 7 heteroatoms. The smallest absolute Gasteiger partial charge is 0.240 e. The third kappa shape index (κ3) is 4.04. The summed E-state index contributed by atoms with van der Waals surface area (Å²) in [5.74, 6) is -0.494. The first-order valence-corrected chi connectivity index (χ1v) is 7.99. The van der Waals surface area contributed by atoms with Gasteiger partial charge in [-0.3, -0.25) is 0 Å². The summed E-state index contributed by atoms with van der Waals surface area (Å²) in [5.41, 5.74) is 0.633. The number of anilines is 1. The molecule has 0 heterocycles. The number of halogens is 1. The van der Waals surface area contributed by atoms with Crippen molar-refractivity contribution >= 4 is 15.7 Å². The van der Waals surface area contributed by atoms with E-state index in [0.717, 1.165) is 6.07 Å². The van der Waals surface area contributed by atoms with Crippen LogP contribution in [0.4, 0.5) is 10.1 Å². The van der Waals surface area contributed by atoms with Gasteiger partial charge in [-0.2, -0.15) is 5.26 Å². The van der Waals surface area contributed by atoms with E-state index >= 15 is 0 Å². The molecule has 114 valence electrons. The zero-order valence-electron chi connectivity index (χ0n) is 11.6. The zero-order chi connectivity index (χ0) is 16.0. The Labute approximate surface area is 128 Å². The lowest BCUT2D eigenvalue weighted by Crippen LogP contribution is -2.29. The van der Waals surface area contributed by atoms with Crippen LogP contribution in [-0.2, 0) is 10.0 Å². The molecule has 22 heavy (non-hydrogen) atoms. The Hall–Kier alpha value is -2.43. The van der Waals surface area contributed by atoms with Crippen molar-refractivity contribution in [3.8, 4) is 6.07 Å². The normalized spacial score (nSPS) is 10.9. The van der Waals surface area contributed by atoms with Crippen molar-refractivity contribution in [3.63, 3.8) is 0 Å². The number of nitrogens with zero attached hydrogens (tertiary/aromatic N) is 1. The Balaban J connectivity index is 1.92. The fourth-order valence-electron chi connectivity index (χ4n) is 1.83. The molecule has 0 aliphatic rings. The molecule has 2 N–H and O–H groups in total. The van der Waals surface area contributed by atoms with Crippen LogP contribution in [0.3, 0.4) is 0 Å². The number of hydrogen-bond donors (Lipinski definition) is 2. The van der Waals surface area contributed by atoms with Crippen LogP contribution in [0.2, 0.25) is 0 Å². The van der Waals surface area contributed by atoms with Crippen molar-refractivity contribution in [3.05, 3.63) is 59.9 Å². The maximum Gasteiger partial charge on any atom is 0.240 e.